The van der Waals surface area contributed by atoms with Gasteiger partial charge in [-0.15, -0.1) is 11.3 Å². The second-order valence-electron chi connectivity index (χ2n) is 3.61. The van der Waals surface area contributed by atoms with Crippen molar-refractivity contribution in [2.24, 2.45) is 0 Å². The standard InChI is InChI=1S/C9H12ClNO2S2/c10-8-3-4-9(14-8)15(12,13)6-5-11-7-1-2-7/h3-4,7,11H,1-2,5-6H2. The van der Waals surface area contributed by atoms with E-state index in [2.05, 4.69) is 5.32 Å². The molecule has 1 aliphatic rings. The van der Waals surface area contributed by atoms with E-state index in [1.165, 1.54) is 12.8 Å². The lowest BCUT2D eigenvalue weighted by atomic mass is 10.6. The summed E-state index contributed by atoms with van der Waals surface area (Å²) in [5.41, 5.74) is 0. The second kappa shape index (κ2) is 4.41. The van der Waals surface area contributed by atoms with Gasteiger partial charge in [-0.2, -0.15) is 0 Å². The largest absolute Gasteiger partial charge is 0.313 e. The SMILES string of the molecule is O=S(=O)(CCNC1CC1)c1ccc(Cl)s1. The average molecular weight is 266 g/mol. The molecule has 1 aromatic heterocycles. The molecule has 0 aromatic carbocycles. The van der Waals surface area contributed by atoms with E-state index < -0.39 is 9.84 Å². The number of hydrogen-bond acceptors (Lipinski definition) is 4. The molecular formula is C9H12ClNO2S2. The molecule has 15 heavy (non-hydrogen) atoms. The summed E-state index contributed by atoms with van der Waals surface area (Å²) < 4.78 is 24.4. The molecule has 0 bridgehead atoms. The molecule has 0 radical (unpaired) electrons. The zero-order valence-corrected chi connectivity index (χ0v) is 10.5. The average Bonchev–Trinajstić information content (AvgIpc) is 2.86. The highest BCUT2D eigenvalue weighted by Crippen LogP contribution is 2.26. The lowest BCUT2D eigenvalue weighted by molar-refractivity contribution is 0.592. The smallest absolute Gasteiger partial charge is 0.189 e. The van der Waals surface area contributed by atoms with E-state index in [4.69, 9.17) is 11.6 Å². The first kappa shape index (κ1) is 11.4. The molecule has 0 spiro atoms. The Morgan fingerprint density at radius 2 is 2.20 bits per heavy atom. The highest BCUT2D eigenvalue weighted by atomic mass is 35.5. The van der Waals surface area contributed by atoms with Gasteiger partial charge in [-0.05, 0) is 25.0 Å². The van der Waals surface area contributed by atoms with E-state index in [0.717, 1.165) is 11.3 Å². The number of rotatable bonds is 5. The summed E-state index contributed by atoms with van der Waals surface area (Å²) in [7, 11) is -3.14. The fourth-order valence-electron chi connectivity index (χ4n) is 1.25. The highest BCUT2D eigenvalue weighted by Gasteiger charge is 2.22. The van der Waals surface area contributed by atoms with Crippen LogP contribution >= 0.6 is 22.9 Å². The minimum absolute atomic E-state index is 0.153. The van der Waals surface area contributed by atoms with E-state index in [1.807, 2.05) is 0 Å². The van der Waals surface area contributed by atoms with Crippen LogP contribution in [0.3, 0.4) is 0 Å². The maximum atomic E-state index is 11.8. The first-order valence-corrected chi connectivity index (χ1v) is 7.64. The Bertz CT molecular complexity index is 437. The molecule has 1 aromatic rings. The van der Waals surface area contributed by atoms with Crippen LogP contribution in [0.2, 0.25) is 4.34 Å². The van der Waals surface area contributed by atoms with Gasteiger partial charge in [0.1, 0.15) is 4.21 Å². The minimum atomic E-state index is -3.14. The Labute approximate surface area is 98.4 Å². The maximum absolute atomic E-state index is 11.8. The topological polar surface area (TPSA) is 46.2 Å². The van der Waals surface area contributed by atoms with Gasteiger partial charge in [0.05, 0.1) is 10.1 Å². The summed E-state index contributed by atoms with van der Waals surface area (Å²) in [6.07, 6.45) is 2.34. The zero-order valence-electron chi connectivity index (χ0n) is 8.07. The normalized spacial score (nSPS) is 16.9. The molecule has 2 rings (SSSR count). The lowest BCUT2D eigenvalue weighted by Gasteiger charge is -2.02. The molecule has 1 fully saturated rings. The number of sulfone groups is 1. The van der Waals surface area contributed by atoms with Crippen LogP contribution in [0, 0.1) is 0 Å². The third-order valence-corrected chi connectivity index (χ3v) is 5.76. The van der Waals surface area contributed by atoms with Crippen LogP contribution in [0.4, 0.5) is 0 Å². The van der Waals surface area contributed by atoms with E-state index in [0.29, 0.717) is 21.1 Å². The molecule has 0 aliphatic heterocycles. The van der Waals surface area contributed by atoms with Gasteiger partial charge in [-0.3, -0.25) is 0 Å². The van der Waals surface area contributed by atoms with Gasteiger partial charge in [-0.1, -0.05) is 11.6 Å². The van der Waals surface area contributed by atoms with Crippen LogP contribution in [0.1, 0.15) is 12.8 Å². The molecule has 1 N–H and O–H groups in total. The van der Waals surface area contributed by atoms with Crippen LogP contribution in [0.15, 0.2) is 16.3 Å². The summed E-state index contributed by atoms with van der Waals surface area (Å²) in [4.78, 5) is 0. The molecule has 1 aliphatic carbocycles. The third-order valence-electron chi connectivity index (χ3n) is 2.24. The van der Waals surface area contributed by atoms with Gasteiger partial charge in [-0.25, -0.2) is 8.42 Å². The molecule has 6 heteroatoms. The Balaban J connectivity index is 1.93. The van der Waals surface area contributed by atoms with Crippen molar-refractivity contribution >= 4 is 32.8 Å². The highest BCUT2D eigenvalue weighted by molar-refractivity contribution is 7.93. The zero-order chi connectivity index (χ0) is 10.9. The molecule has 1 saturated carbocycles. The Kier molecular flexibility index (Phi) is 3.35. The molecule has 1 heterocycles. The first-order valence-electron chi connectivity index (χ1n) is 4.79. The van der Waals surface area contributed by atoms with E-state index in [-0.39, 0.29) is 5.75 Å². The van der Waals surface area contributed by atoms with Crippen molar-refractivity contribution in [1.82, 2.24) is 5.32 Å². The van der Waals surface area contributed by atoms with Crippen LogP contribution < -0.4 is 5.32 Å². The second-order valence-corrected chi connectivity index (χ2v) is 7.66. The molecule has 0 unspecified atom stereocenters. The van der Waals surface area contributed by atoms with Crippen molar-refractivity contribution in [3.63, 3.8) is 0 Å². The lowest BCUT2D eigenvalue weighted by Crippen LogP contribution is -2.24. The van der Waals surface area contributed by atoms with Gasteiger partial charge in [0.15, 0.2) is 9.84 Å². The number of nitrogens with one attached hydrogen (secondary N) is 1. The van der Waals surface area contributed by atoms with Gasteiger partial charge in [0.25, 0.3) is 0 Å². The summed E-state index contributed by atoms with van der Waals surface area (Å²) in [6.45, 7) is 0.530. The van der Waals surface area contributed by atoms with Gasteiger partial charge in [0.2, 0.25) is 0 Å². The summed E-state index contributed by atoms with van der Waals surface area (Å²) in [5, 5.41) is 3.18. The van der Waals surface area contributed by atoms with Crippen molar-refractivity contribution in [2.75, 3.05) is 12.3 Å². The number of hydrogen-bond donors (Lipinski definition) is 1. The third kappa shape index (κ3) is 3.17. The van der Waals surface area contributed by atoms with E-state index >= 15 is 0 Å². The maximum Gasteiger partial charge on any atom is 0.189 e. The van der Waals surface area contributed by atoms with E-state index in [9.17, 15) is 8.42 Å². The molecule has 0 saturated heterocycles. The van der Waals surface area contributed by atoms with Crippen molar-refractivity contribution < 1.29 is 8.42 Å². The van der Waals surface area contributed by atoms with Crippen molar-refractivity contribution in [1.29, 1.82) is 0 Å². The predicted octanol–water partition coefficient (Wildman–Crippen LogP) is 1.93. The van der Waals surface area contributed by atoms with Gasteiger partial charge < -0.3 is 5.32 Å². The van der Waals surface area contributed by atoms with Crippen LogP contribution in [-0.2, 0) is 9.84 Å². The Morgan fingerprint density at radius 3 is 2.73 bits per heavy atom. The summed E-state index contributed by atoms with van der Waals surface area (Å²) >= 11 is 6.82. The predicted molar refractivity (Wildman–Crippen MR) is 62.4 cm³/mol. The van der Waals surface area contributed by atoms with Crippen LogP contribution in [0.5, 0.6) is 0 Å². The van der Waals surface area contributed by atoms with Crippen molar-refractivity contribution in [3.8, 4) is 0 Å². The fraction of sp³-hybridized carbons (Fsp3) is 0.556. The monoisotopic (exact) mass is 265 g/mol. The van der Waals surface area contributed by atoms with Gasteiger partial charge in [0, 0.05) is 12.6 Å². The molecule has 0 amide bonds. The van der Waals surface area contributed by atoms with E-state index in [1.54, 1.807) is 12.1 Å². The quantitative estimate of drug-likeness (QED) is 0.885. The summed E-state index contributed by atoms with van der Waals surface area (Å²) in [5.74, 6) is 0.153. The molecule has 84 valence electrons. The van der Waals surface area contributed by atoms with Crippen LogP contribution in [0.25, 0.3) is 0 Å². The minimum Gasteiger partial charge on any atom is -0.313 e. The number of halogens is 1. The molecule has 0 atom stereocenters. The Morgan fingerprint density at radius 1 is 1.47 bits per heavy atom. The Hall–Kier alpha value is -0.100. The fourth-order valence-corrected chi connectivity index (χ4v) is 4.05. The molecule has 3 nitrogen and oxygen atoms in total. The first-order chi connectivity index (χ1) is 7.08. The van der Waals surface area contributed by atoms with Crippen molar-refractivity contribution in [3.05, 3.63) is 16.5 Å². The summed E-state index contributed by atoms with van der Waals surface area (Å²) in [6, 6.07) is 3.74. The van der Waals surface area contributed by atoms with Crippen molar-refractivity contribution in [2.45, 2.75) is 23.1 Å². The van der Waals surface area contributed by atoms with Crippen LogP contribution in [-0.4, -0.2) is 26.8 Å². The molecular weight excluding hydrogens is 254 g/mol. The number of thiophene rings is 1. The van der Waals surface area contributed by atoms with Gasteiger partial charge >= 0.3 is 0 Å².